The van der Waals surface area contributed by atoms with Crippen LogP contribution in [-0.4, -0.2) is 32.3 Å². The minimum Gasteiger partial charge on any atom is -0.491 e. The molecule has 0 heterocycles. The van der Waals surface area contributed by atoms with Crippen molar-refractivity contribution in [2.75, 3.05) is 37.0 Å². The summed E-state index contributed by atoms with van der Waals surface area (Å²) in [4.78, 5) is 12.4. The molecular formula is C26H30N2O4. The molecule has 0 bridgehead atoms. The summed E-state index contributed by atoms with van der Waals surface area (Å²) in [5.74, 6) is 2.11. The lowest BCUT2D eigenvalue weighted by Crippen LogP contribution is -2.22. The van der Waals surface area contributed by atoms with Crippen LogP contribution < -0.4 is 24.8 Å². The number of carbonyl (C=O) groups excluding carboxylic acids is 1. The Morgan fingerprint density at radius 2 is 1.41 bits per heavy atom. The molecule has 0 fully saturated rings. The van der Waals surface area contributed by atoms with Crippen LogP contribution in [0.5, 0.6) is 17.2 Å². The Morgan fingerprint density at radius 1 is 0.750 bits per heavy atom. The zero-order chi connectivity index (χ0) is 22.4. The molecule has 3 rings (SSSR count). The number of anilines is 2. The van der Waals surface area contributed by atoms with Gasteiger partial charge in [0.15, 0.2) is 0 Å². The van der Waals surface area contributed by atoms with E-state index in [9.17, 15) is 4.79 Å². The number of benzene rings is 3. The van der Waals surface area contributed by atoms with Crippen LogP contribution in [-0.2, 0) is 4.79 Å². The topological polar surface area (TPSA) is 68.8 Å². The van der Waals surface area contributed by atoms with Crippen LogP contribution in [0.2, 0.25) is 0 Å². The molecule has 2 N–H and O–H groups in total. The third-order valence-corrected chi connectivity index (χ3v) is 4.59. The van der Waals surface area contributed by atoms with Gasteiger partial charge in [0.2, 0.25) is 5.91 Å². The van der Waals surface area contributed by atoms with Crippen LogP contribution in [0.15, 0.2) is 78.9 Å². The molecule has 6 nitrogen and oxygen atoms in total. The second-order valence-electron chi connectivity index (χ2n) is 7.13. The van der Waals surface area contributed by atoms with Gasteiger partial charge >= 0.3 is 0 Å². The lowest BCUT2D eigenvalue weighted by Gasteiger charge is -2.13. The highest BCUT2D eigenvalue weighted by Crippen LogP contribution is 2.24. The molecule has 0 atom stereocenters. The molecule has 0 radical (unpaired) electrons. The van der Waals surface area contributed by atoms with E-state index in [0.29, 0.717) is 31.3 Å². The van der Waals surface area contributed by atoms with Gasteiger partial charge < -0.3 is 24.8 Å². The van der Waals surface area contributed by atoms with Crippen LogP contribution in [0.4, 0.5) is 11.4 Å². The van der Waals surface area contributed by atoms with E-state index in [4.69, 9.17) is 14.2 Å². The van der Waals surface area contributed by atoms with Crippen molar-refractivity contribution in [3.05, 3.63) is 78.9 Å². The van der Waals surface area contributed by atoms with E-state index in [-0.39, 0.29) is 12.5 Å². The highest BCUT2D eigenvalue weighted by atomic mass is 16.5. The molecule has 32 heavy (non-hydrogen) atoms. The summed E-state index contributed by atoms with van der Waals surface area (Å²) in [7, 11) is 0. The first-order valence-corrected chi connectivity index (χ1v) is 10.9. The molecule has 0 aromatic heterocycles. The summed E-state index contributed by atoms with van der Waals surface area (Å²) in [5, 5.41) is 6.02. The predicted molar refractivity (Wildman–Crippen MR) is 128 cm³/mol. The lowest BCUT2D eigenvalue weighted by molar-refractivity contribution is -0.114. The predicted octanol–water partition coefficient (Wildman–Crippen LogP) is 5.37. The minimum atomic E-state index is -0.144. The Hall–Kier alpha value is -3.67. The van der Waals surface area contributed by atoms with Crippen LogP contribution in [0.25, 0.3) is 0 Å². The summed E-state index contributed by atoms with van der Waals surface area (Å²) in [5.41, 5.74) is 1.51. The number of rotatable bonds is 13. The van der Waals surface area contributed by atoms with Crippen molar-refractivity contribution in [3.63, 3.8) is 0 Å². The first kappa shape index (κ1) is 23.0. The molecule has 168 valence electrons. The molecule has 0 saturated heterocycles. The van der Waals surface area contributed by atoms with E-state index in [2.05, 4.69) is 17.6 Å². The molecule has 3 aromatic rings. The Kier molecular flexibility index (Phi) is 9.27. The van der Waals surface area contributed by atoms with Crippen molar-refractivity contribution in [2.45, 2.75) is 19.8 Å². The summed E-state index contributed by atoms with van der Waals surface area (Å²) >= 11 is 0. The summed E-state index contributed by atoms with van der Waals surface area (Å²) < 4.78 is 17.1. The van der Waals surface area contributed by atoms with E-state index in [1.54, 1.807) is 0 Å². The van der Waals surface area contributed by atoms with E-state index in [1.807, 2.05) is 78.9 Å². The van der Waals surface area contributed by atoms with Gasteiger partial charge in [-0.3, -0.25) is 4.79 Å². The summed E-state index contributed by atoms with van der Waals surface area (Å²) in [6.07, 6.45) is 2.04. The number of ether oxygens (including phenoxy) is 3. The molecule has 6 heteroatoms. The fraction of sp³-hybridized carbons (Fsp3) is 0.269. The normalized spacial score (nSPS) is 10.3. The zero-order valence-corrected chi connectivity index (χ0v) is 18.4. The number of unbranched alkanes of at least 4 members (excludes halogenated alkanes) is 1. The Morgan fingerprint density at radius 3 is 2.12 bits per heavy atom. The van der Waals surface area contributed by atoms with Crippen molar-refractivity contribution in [1.82, 2.24) is 0 Å². The second-order valence-corrected chi connectivity index (χ2v) is 7.13. The van der Waals surface area contributed by atoms with Crippen LogP contribution in [0.3, 0.4) is 0 Å². The quantitative estimate of drug-likeness (QED) is 0.354. The van der Waals surface area contributed by atoms with E-state index < -0.39 is 0 Å². The first-order chi connectivity index (χ1) is 15.7. The van der Waals surface area contributed by atoms with Crippen molar-refractivity contribution in [2.24, 2.45) is 0 Å². The number of para-hydroxylation sites is 3. The number of hydrogen-bond acceptors (Lipinski definition) is 5. The van der Waals surface area contributed by atoms with Crippen LogP contribution >= 0.6 is 0 Å². The van der Waals surface area contributed by atoms with Gasteiger partial charge in [0.1, 0.15) is 30.5 Å². The molecule has 1 amide bonds. The fourth-order valence-electron chi connectivity index (χ4n) is 2.90. The highest BCUT2D eigenvalue weighted by Gasteiger charge is 2.07. The molecule has 0 aliphatic rings. The van der Waals surface area contributed by atoms with E-state index >= 15 is 0 Å². The van der Waals surface area contributed by atoms with Gasteiger partial charge in [-0.15, -0.1) is 0 Å². The lowest BCUT2D eigenvalue weighted by atomic mass is 10.2. The average Bonchev–Trinajstić information content (AvgIpc) is 2.83. The Balaban J connectivity index is 1.39. The Labute approximate surface area is 189 Å². The monoisotopic (exact) mass is 434 g/mol. The summed E-state index contributed by atoms with van der Waals surface area (Å²) in [6, 6.07) is 24.6. The maximum Gasteiger partial charge on any atom is 0.243 e. The average molecular weight is 435 g/mol. The standard InChI is InChI=1S/C26H30N2O4/c1-2-3-17-32-25-12-8-7-11-24(25)28-26(29)20-27-21-13-15-23(16-14-21)31-19-18-30-22-9-5-4-6-10-22/h4-16,27H,2-3,17-20H2,1H3,(H,28,29). The number of amides is 1. The van der Waals surface area contributed by atoms with Gasteiger partial charge in [-0.2, -0.15) is 0 Å². The minimum absolute atomic E-state index is 0.144. The van der Waals surface area contributed by atoms with Gasteiger partial charge in [0, 0.05) is 5.69 Å². The SMILES string of the molecule is CCCCOc1ccccc1NC(=O)CNc1ccc(OCCOc2ccccc2)cc1. The molecule has 0 spiro atoms. The smallest absolute Gasteiger partial charge is 0.243 e. The van der Waals surface area contributed by atoms with Gasteiger partial charge in [-0.1, -0.05) is 43.7 Å². The highest BCUT2D eigenvalue weighted by molar-refractivity contribution is 5.95. The maximum absolute atomic E-state index is 12.4. The third kappa shape index (κ3) is 7.87. The van der Waals surface area contributed by atoms with Crippen molar-refractivity contribution in [1.29, 1.82) is 0 Å². The number of hydrogen-bond donors (Lipinski definition) is 2. The van der Waals surface area contributed by atoms with Gasteiger partial charge in [-0.05, 0) is 55.0 Å². The molecule has 3 aromatic carbocycles. The van der Waals surface area contributed by atoms with E-state index in [1.165, 1.54) is 0 Å². The van der Waals surface area contributed by atoms with E-state index in [0.717, 1.165) is 30.0 Å². The second kappa shape index (κ2) is 12.9. The molecule has 0 aliphatic heterocycles. The first-order valence-electron chi connectivity index (χ1n) is 10.9. The molecule has 0 unspecified atom stereocenters. The Bertz CT molecular complexity index is 946. The molecular weight excluding hydrogens is 404 g/mol. The number of nitrogens with one attached hydrogen (secondary N) is 2. The summed E-state index contributed by atoms with van der Waals surface area (Å²) in [6.45, 7) is 3.81. The van der Waals surface area contributed by atoms with Crippen molar-refractivity contribution in [3.8, 4) is 17.2 Å². The van der Waals surface area contributed by atoms with Crippen molar-refractivity contribution >= 4 is 17.3 Å². The van der Waals surface area contributed by atoms with Crippen LogP contribution in [0.1, 0.15) is 19.8 Å². The van der Waals surface area contributed by atoms with Gasteiger partial charge in [0.05, 0.1) is 18.8 Å². The zero-order valence-electron chi connectivity index (χ0n) is 18.4. The molecule has 0 saturated carbocycles. The maximum atomic E-state index is 12.4. The third-order valence-electron chi connectivity index (χ3n) is 4.59. The number of carbonyl (C=O) groups is 1. The van der Waals surface area contributed by atoms with Gasteiger partial charge in [0.25, 0.3) is 0 Å². The largest absolute Gasteiger partial charge is 0.491 e. The van der Waals surface area contributed by atoms with Gasteiger partial charge in [-0.25, -0.2) is 0 Å². The van der Waals surface area contributed by atoms with Crippen LogP contribution in [0, 0.1) is 0 Å². The molecule has 0 aliphatic carbocycles. The fourth-order valence-corrected chi connectivity index (χ4v) is 2.90. The van der Waals surface area contributed by atoms with Crippen molar-refractivity contribution < 1.29 is 19.0 Å².